The van der Waals surface area contributed by atoms with E-state index in [0.717, 1.165) is 24.4 Å². The standard InChI is InChI=1S/C15H24N2O2/c1-4-17(5-2)15(18)12-16-11-13-9-7-8-10-14(13)19-6-3/h7-10,16H,4-6,11-12H2,1-3H3. The number of amides is 1. The summed E-state index contributed by atoms with van der Waals surface area (Å²) in [6.45, 7) is 9.12. The lowest BCUT2D eigenvalue weighted by atomic mass is 10.2. The first-order chi connectivity index (χ1) is 9.22. The number of hydrogen-bond donors (Lipinski definition) is 1. The highest BCUT2D eigenvalue weighted by molar-refractivity contribution is 5.78. The van der Waals surface area contributed by atoms with Crippen molar-refractivity contribution in [2.45, 2.75) is 27.3 Å². The molecule has 0 bridgehead atoms. The highest BCUT2D eigenvalue weighted by atomic mass is 16.5. The van der Waals surface area contributed by atoms with E-state index in [4.69, 9.17) is 4.74 Å². The van der Waals surface area contributed by atoms with Crippen molar-refractivity contribution in [3.8, 4) is 5.75 Å². The van der Waals surface area contributed by atoms with Gasteiger partial charge >= 0.3 is 0 Å². The minimum absolute atomic E-state index is 0.138. The Morgan fingerprint density at radius 3 is 2.53 bits per heavy atom. The molecule has 0 aliphatic rings. The van der Waals surface area contributed by atoms with E-state index >= 15 is 0 Å². The highest BCUT2D eigenvalue weighted by Gasteiger charge is 2.09. The highest BCUT2D eigenvalue weighted by Crippen LogP contribution is 2.17. The molecule has 1 N–H and O–H groups in total. The summed E-state index contributed by atoms with van der Waals surface area (Å²) in [4.78, 5) is 13.7. The molecule has 106 valence electrons. The molecule has 0 spiro atoms. The Labute approximate surface area is 115 Å². The summed E-state index contributed by atoms with van der Waals surface area (Å²) in [5.74, 6) is 1.02. The van der Waals surface area contributed by atoms with Crippen LogP contribution in [0.15, 0.2) is 24.3 Å². The van der Waals surface area contributed by atoms with Crippen LogP contribution in [0.2, 0.25) is 0 Å². The van der Waals surface area contributed by atoms with Gasteiger partial charge in [-0.25, -0.2) is 0 Å². The second-order valence-electron chi connectivity index (χ2n) is 4.21. The van der Waals surface area contributed by atoms with Crippen molar-refractivity contribution >= 4 is 5.91 Å². The molecule has 0 aliphatic carbocycles. The second kappa shape index (κ2) is 8.53. The summed E-state index contributed by atoms with van der Waals surface area (Å²) in [5.41, 5.74) is 1.08. The van der Waals surface area contributed by atoms with Crippen LogP contribution in [0.4, 0.5) is 0 Å². The number of likely N-dealkylation sites (N-methyl/N-ethyl adjacent to an activating group) is 1. The SMILES string of the molecule is CCOc1ccccc1CNCC(=O)N(CC)CC. The minimum Gasteiger partial charge on any atom is -0.494 e. The van der Waals surface area contributed by atoms with Crippen molar-refractivity contribution in [1.29, 1.82) is 0 Å². The van der Waals surface area contributed by atoms with Crippen LogP contribution in [0, 0.1) is 0 Å². The zero-order valence-electron chi connectivity index (χ0n) is 12.1. The molecule has 4 heteroatoms. The maximum absolute atomic E-state index is 11.8. The van der Waals surface area contributed by atoms with Crippen LogP contribution in [0.5, 0.6) is 5.75 Å². The average Bonchev–Trinajstić information content (AvgIpc) is 2.42. The smallest absolute Gasteiger partial charge is 0.236 e. The van der Waals surface area contributed by atoms with E-state index in [-0.39, 0.29) is 5.91 Å². The van der Waals surface area contributed by atoms with Crippen molar-refractivity contribution in [2.75, 3.05) is 26.2 Å². The first-order valence-corrected chi connectivity index (χ1v) is 6.92. The number of carbonyl (C=O) groups excluding carboxylic acids is 1. The average molecular weight is 264 g/mol. The van der Waals surface area contributed by atoms with Crippen LogP contribution in [0.3, 0.4) is 0 Å². The Morgan fingerprint density at radius 2 is 1.89 bits per heavy atom. The van der Waals surface area contributed by atoms with Crippen molar-refractivity contribution < 1.29 is 9.53 Å². The molecule has 0 unspecified atom stereocenters. The van der Waals surface area contributed by atoms with Gasteiger partial charge in [0.1, 0.15) is 5.75 Å². The predicted molar refractivity (Wildman–Crippen MR) is 77.2 cm³/mol. The van der Waals surface area contributed by atoms with Gasteiger partial charge in [0.25, 0.3) is 0 Å². The second-order valence-corrected chi connectivity index (χ2v) is 4.21. The molecular weight excluding hydrogens is 240 g/mol. The van der Waals surface area contributed by atoms with Gasteiger partial charge in [-0.15, -0.1) is 0 Å². The molecule has 0 aromatic heterocycles. The van der Waals surface area contributed by atoms with Crippen LogP contribution >= 0.6 is 0 Å². The molecule has 1 amide bonds. The summed E-state index contributed by atoms with van der Waals surface area (Å²) in [5, 5.41) is 3.18. The first kappa shape index (κ1) is 15.5. The molecule has 0 radical (unpaired) electrons. The van der Waals surface area contributed by atoms with Gasteiger partial charge in [0.2, 0.25) is 5.91 Å². The van der Waals surface area contributed by atoms with Crippen molar-refractivity contribution in [2.24, 2.45) is 0 Å². The molecule has 1 aromatic rings. The van der Waals surface area contributed by atoms with Gasteiger partial charge in [-0.2, -0.15) is 0 Å². The summed E-state index contributed by atoms with van der Waals surface area (Å²) >= 11 is 0. The van der Waals surface area contributed by atoms with Crippen LogP contribution < -0.4 is 10.1 Å². The summed E-state index contributed by atoms with van der Waals surface area (Å²) in [7, 11) is 0. The van der Waals surface area contributed by atoms with Crippen LogP contribution in [0.25, 0.3) is 0 Å². The third kappa shape index (κ3) is 4.91. The van der Waals surface area contributed by atoms with Crippen LogP contribution in [-0.4, -0.2) is 37.0 Å². The Kier molecular flexibility index (Phi) is 6.97. The van der Waals surface area contributed by atoms with Gasteiger partial charge in [-0.05, 0) is 26.8 Å². The van der Waals surface area contributed by atoms with Crippen molar-refractivity contribution in [3.63, 3.8) is 0 Å². The fourth-order valence-corrected chi connectivity index (χ4v) is 1.94. The van der Waals surface area contributed by atoms with E-state index < -0.39 is 0 Å². The topological polar surface area (TPSA) is 41.6 Å². The van der Waals surface area contributed by atoms with Gasteiger partial charge in [-0.1, -0.05) is 18.2 Å². The molecule has 1 rings (SSSR count). The number of nitrogens with one attached hydrogen (secondary N) is 1. The molecule has 0 aliphatic heterocycles. The van der Waals surface area contributed by atoms with Gasteiger partial charge in [0.05, 0.1) is 13.2 Å². The lowest BCUT2D eigenvalue weighted by molar-refractivity contribution is -0.129. The quantitative estimate of drug-likeness (QED) is 0.781. The third-order valence-corrected chi connectivity index (χ3v) is 2.98. The Bertz CT molecular complexity index is 389. The number of rotatable bonds is 8. The molecule has 4 nitrogen and oxygen atoms in total. The molecule has 1 aromatic carbocycles. The molecule has 0 saturated carbocycles. The molecule has 0 saturated heterocycles. The zero-order chi connectivity index (χ0) is 14.1. The van der Waals surface area contributed by atoms with Crippen LogP contribution in [-0.2, 0) is 11.3 Å². The fraction of sp³-hybridized carbons (Fsp3) is 0.533. The predicted octanol–water partition coefficient (Wildman–Crippen LogP) is 2.04. The normalized spacial score (nSPS) is 10.3. The van der Waals surface area contributed by atoms with Crippen molar-refractivity contribution in [3.05, 3.63) is 29.8 Å². The Balaban J connectivity index is 2.47. The Hall–Kier alpha value is -1.55. The van der Waals surface area contributed by atoms with E-state index in [1.807, 2.05) is 49.9 Å². The van der Waals surface area contributed by atoms with Gasteiger partial charge < -0.3 is 15.0 Å². The van der Waals surface area contributed by atoms with E-state index in [9.17, 15) is 4.79 Å². The number of benzene rings is 1. The zero-order valence-corrected chi connectivity index (χ0v) is 12.1. The lowest BCUT2D eigenvalue weighted by Crippen LogP contribution is -2.37. The molecule has 0 atom stereocenters. The number of nitrogens with zero attached hydrogens (tertiary/aromatic N) is 1. The largest absolute Gasteiger partial charge is 0.494 e. The summed E-state index contributed by atoms with van der Waals surface area (Å²) < 4.78 is 5.55. The van der Waals surface area contributed by atoms with E-state index in [0.29, 0.717) is 19.7 Å². The van der Waals surface area contributed by atoms with Gasteiger partial charge in [-0.3, -0.25) is 4.79 Å². The van der Waals surface area contributed by atoms with Gasteiger partial charge in [0, 0.05) is 25.2 Å². The Morgan fingerprint density at radius 1 is 1.21 bits per heavy atom. The number of ether oxygens (including phenoxy) is 1. The number of carbonyl (C=O) groups is 1. The van der Waals surface area contributed by atoms with E-state index in [2.05, 4.69) is 5.32 Å². The molecule has 19 heavy (non-hydrogen) atoms. The first-order valence-electron chi connectivity index (χ1n) is 6.92. The number of hydrogen-bond acceptors (Lipinski definition) is 3. The van der Waals surface area contributed by atoms with E-state index in [1.165, 1.54) is 0 Å². The van der Waals surface area contributed by atoms with E-state index in [1.54, 1.807) is 0 Å². The minimum atomic E-state index is 0.138. The monoisotopic (exact) mass is 264 g/mol. The van der Waals surface area contributed by atoms with Crippen LogP contribution in [0.1, 0.15) is 26.3 Å². The molecule has 0 fully saturated rings. The third-order valence-electron chi connectivity index (χ3n) is 2.98. The summed E-state index contributed by atoms with van der Waals surface area (Å²) in [6, 6.07) is 7.90. The molecular formula is C15H24N2O2. The van der Waals surface area contributed by atoms with Gasteiger partial charge in [0.15, 0.2) is 0 Å². The number of para-hydroxylation sites is 1. The molecule has 0 heterocycles. The lowest BCUT2D eigenvalue weighted by Gasteiger charge is -2.19. The van der Waals surface area contributed by atoms with Crippen molar-refractivity contribution in [1.82, 2.24) is 10.2 Å². The fourth-order valence-electron chi connectivity index (χ4n) is 1.94. The summed E-state index contributed by atoms with van der Waals surface area (Å²) in [6.07, 6.45) is 0. The maximum atomic E-state index is 11.8. The maximum Gasteiger partial charge on any atom is 0.236 e.